The predicted molar refractivity (Wildman–Crippen MR) is 78.6 cm³/mol. The first-order valence-electron chi connectivity index (χ1n) is 7.12. The van der Waals surface area contributed by atoms with Gasteiger partial charge >= 0.3 is 0 Å². The van der Waals surface area contributed by atoms with Crippen LogP contribution in [0.15, 0.2) is 24.3 Å². The van der Waals surface area contributed by atoms with Crippen LogP contribution in [-0.4, -0.2) is 41.5 Å². The molecule has 0 spiro atoms. The quantitative estimate of drug-likeness (QED) is 0.733. The van der Waals surface area contributed by atoms with Gasteiger partial charge in [0.1, 0.15) is 0 Å². The average Bonchev–Trinajstić information content (AvgIpc) is 2.45. The van der Waals surface area contributed by atoms with Crippen LogP contribution in [0.3, 0.4) is 0 Å². The Labute approximate surface area is 116 Å². The van der Waals surface area contributed by atoms with Gasteiger partial charge < -0.3 is 5.11 Å². The number of hydrogen-bond donors (Lipinski definition) is 1. The fourth-order valence-corrected chi connectivity index (χ4v) is 2.23. The summed E-state index contributed by atoms with van der Waals surface area (Å²) < 4.78 is 0. The molecule has 0 saturated heterocycles. The van der Waals surface area contributed by atoms with E-state index >= 15 is 0 Å². The van der Waals surface area contributed by atoms with Gasteiger partial charge in [-0.2, -0.15) is 0 Å². The summed E-state index contributed by atoms with van der Waals surface area (Å²) in [5.74, 6) is 0.129. The topological polar surface area (TPSA) is 40.5 Å². The van der Waals surface area contributed by atoms with Crippen molar-refractivity contribution in [1.29, 1.82) is 0 Å². The van der Waals surface area contributed by atoms with Crippen LogP contribution in [0.25, 0.3) is 0 Å². The fourth-order valence-electron chi connectivity index (χ4n) is 2.23. The van der Waals surface area contributed by atoms with Gasteiger partial charge in [-0.25, -0.2) is 0 Å². The molecule has 0 radical (unpaired) electrons. The summed E-state index contributed by atoms with van der Waals surface area (Å²) in [7, 11) is 0. The molecular formula is C16H25NO2. The molecule has 106 valence electrons. The van der Waals surface area contributed by atoms with Gasteiger partial charge in [0.05, 0.1) is 12.6 Å². The van der Waals surface area contributed by atoms with Crippen LogP contribution in [0.5, 0.6) is 0 Å². The highest BCUT2D eigenvalue weighted by atomic mass is 16.3. The van der Waals surface area contributed by atoms with Crippen molar-refractivity contribution in [3.63, 3.8) is 0 Å². The third-order valence-electron chi connectivity index (χ3n) is 3.47. The van der Waals surface area contributed by atoms with Gasteiger partial charge in [0, 0.05) is 12.1 Å². The molecule has 1 aromatic rings. The number of ketones is 1. The van der Waals surface area contributed by atoms with E-state index in [2.05, 4.69) is 13.8 Å². The first-order chi connectivity index (χ1) is 9.13. The number of carbonyl (C=O) groups is 1. The van der Waals surface area contributed by atoms with E-state index in [-0.39, 0.29) is 18.4 Å². The number of carbonyl (C=O) groups excluding carboxylic acids is 1. The zero-order valence-corrected chi connectivity index (χ0v) is 12.2. The lowest BCUT2D eigenvalue weighted by molar-refractivity contribution is 0.0808. The van der Waals surface area contributed by atoms with E-state index in [1.807, 2.05) is 36.1 Å². The second kappa shape index (κ2) is 8.08. The molecule has 0 heterocycles. The molecule has 0 aliphatic carbocycles. The molecule has 0 saturated carbocycles. The Hall–Kier alpha value is -1.19. The average molecular weight is 263 g/mol. The standard InChI is InChI=1S/C16H25NO2/c1-4-10-17(11-12-18)13(3)16(19)15-8-6-14(5-2)7-9-15/h6-9,13,18H,4-5,10-12H2,1-3H3. The minimum Gasteiger partial charge on any atom is -0.395 e. The molecule has 1 rings (SSSR count). The Kier molecular flexibility index (Phi) is 6.74. The van der Waals surface area contributed by atoms with E-state index < -0.39 is 0 Å². The van der Waals surface area contributed by atoms with Gasteiger partial charge in [-0.1, -0.05) is 38.1 Å². The fraction of sp³-hybridized carbons (Fsp3) is 0.562. The Bertz CT molecular complexity index is 380. The lowest BCUT2D eigenvalue weighted by Gasteiger charge is -2.27. The second-order valence-electron chi connectivity index (χ2n) is 4.85. The van der Waals surface area contributed by atoms with Gasteiger partial charge in [-0.05, 0) is 31.9 Å². The number of rotatable bonds is 8. The van der Waals surface area contributed by atoms with Gasteiger partial charge in [-0.3, -0.25) is 9.69 Å². The monoisotopic (exact) mass is 263 g/mol. The van der Waals surface area contributed by atoms with Crippen LogP contribution < -0.4 is 0 Å². The number of hydrogen-bond acceptors (Lipinski definition) is 3. The summed E-state index contributed by atoms with van der Waals surface area (Å²) in [5, 5.41) is 9.08. The number of benzene rings is 1. The molecule has 1 N–H and O–H groups in total. The minimum atomic E-state index is -0.181. The predicted octanol–water partition coefficient (Wildman–Crippen LogP) is 2.52. The van der Waals surface area contributed by atoms with Crippen LogP contribution in [0.4, 0.5) is 0 Å². The maximum Gasteiger partial charge on any atom is 0.179 e. The number of aliphatic hydroxyl groups is 1. The van der Waals surface area contributed by atoms with Crippen molar-refractivity contribution in [3.05, 3.63) is 35.4 Å². The minimum absolute atomic E-state index is 0.0897. The molecule has 0 aromatic heterocycles. The van der Waals surface area contributed by atoms with Crippen molar-refractivity contribution >= 4 is 5.78 Å². The molecule has 0 aliphatic heterocycles. The summed E-state index contributed by atoms with van der Waals surface area (Å²) in [4.78, 5) is 14.4. The molecule has 3 heteroatoms. The molecule has 3 nitrogen and oxygen atoms in total. The Balaban J connectivity index is 2.78. The smallest absolute Gasteiger partial charge is 0.179 e. The molecule has 1 atom stereocenters. The van der Waals surface area contributed by atoms with Crippen molar-refractivity contribution in [1.82, 2.24) is 4.90 Å². The van der Waals surface area contributed by atoms with Crippen LogP contribution in [0.2, 0.25) is 0 Å². The summed E-state index contributed by atoms with van der Waals surface area (Å²) in [5.41, 5.74) is 1.99. The summed E-state index contributed by atoms with van der Waals surface area (Å²) in [6, 6.07) is 7.65. The van der Waals surface area contributed by atoms with Crippen LogP contribution in [0.1, 0.15) is 43.1 Å². The number of aliphatic hydroxyl groups excluding tert-OH is 1. The maximum absolute atomic E-state index is 12.4. The lowest BCUT2D eigenvalue weighted by Crippen LogP contribution is -2.41. The molecule has 19 heavy (non-hydrogen) atoms. The van der Waals surface area contributed by atoms with Gasteiger partial charge in [0.25, 0.3) is 0 Å². The zero-order valence-electron chi connectivity index (χ0n) is 12.2. The lowest BCUT2D eigenvalue weighted by atomic mass is 10.0. The molecule has 1 unspecified atom stereocenters. The molecule has 0 amide bonds. The SMILES string of the molecule is CCCN(CCO)C(C)C(=O)c1ccc(CC)cc1. The zero-order chi connectivity index (χ0) is 14.3. The highest BCUT2D eigenvalue weighted by Gasteiger charge is 2.21. The second-order valence-corrected chi connectivity index (χ2v) is 4.85. The van der Waals surface area contributed by atoms with Crippen molar-refractivity contribution in [2.75, 3.05) is 19.7 Å². The van der Waals surface area contributed by atoms with Crippen molar-refractivity contribution in [3.8, 4) is 0 Å². The molecule has 0 bridgehead atoms. The molecule has 1 aromatic carbocycles. The van der Waals surface area contributed by atoms with E-state index in [1.165, 1.54) is 5.56 Å². The van der Waals surface area contributed by atoms with Crippen LogP contribution in [0, 0.1) is 0 Å². The summed E-state index contributed by atoms with van der Waals surface area (Å²) >= 11 is 0. The van der Waals surface area contributed by atoms with E-state index in [1.54, 1.807) is 0 Å². The van der Waals surface area contributed by atoms with E-state index in [4.69, 9.17) is 5.11 Å². The highest BCUT2D eigenvalue weighted by molar-refractivity contribution is 5.99. The third kappa shape index (κ3) is 4.44. The Morgan fingerprint density at radius 1 is 1.21 bits per heavy atom. The first-order valence-corrected chi connectivity index (χ1v) is 7.12. The van der Waals surface area contributed by atoms with Gasteiger partial charge in [-0.15, -0.1) is 0 Å². The van der Waals surface area contributed by atoms with E-state index in [0.29, 0.717) is 6.54 Å². The van der Waals surface area contributed by atoms with E-state index in [0.717, 1.165) is 24.9 Å². The highest BCUT2D eigenvalue weighted by Crippen LogP contribution is 2.11. The van der Waals surface area contributed by atoms with Gasteiger partial charge in [0.15, 0.2) is 5.78 Å². The van der Waals surface area contributed by atoms with E-state index in [9.17, 15) is 4.79 Å². The first kappa shape index (κ1) is 15.9. The normalized spacial score (nSPS) is 12.7. The third-order valence-corrected chi connectivity index (χ3v) is 3.47. The van der Waals surface area contributed by atoms with Crippen molar-refractivity contribution in [2.24, 2.45) is 0 Å². The van der Waals surface area contributed by atoms with Crippen molar-refractivity contribution < 1.29 is 9.90 Å². The number of Topliss-reactive ketones (excluding diaryl/α,β-unsaturated/α-hetero) is 1. The Morgan fingerprint density at radius 3 is 2.32 bits per heavy atom. The molecular weight excluding hydrogens is 238 g/mol. The van der Waals surface area contributed by atoms with Crippen LogP contribution in [-0.2, 0) is 6.42 Å². The maximum atomic E-state index is 12.4. The number of nitrogens with zero attached hydrogens (tertiary/aromatic N) is 1. The summed E-state index contributed by atoms with van der Waals surface area (Å²) in [6.45, 7) is 7.57. The Morgan fingerprint density at radius 2 is 1.84 bits per heavy atom. The van der Waals surface area contributed by atoms with Crippen LogP contribution >= 0.6 is 0 Å². The molecule has 0 fully saturated rings. The largest absolute Gasteiger partial charge is 0.395 e. The molecule has 0 aliphatic rings. The number of aryl methyl sites for hydroxylation is 1. The van der Waals surface area contributed by atoms with Gasteiger partial charge in [0.2, 0.25) is 0 Å². The summed E-state index contributed by atoms with van der Waals surface area (Å²) in [6.07, 6.45) is 1.96. The van der Waals surface area contributed by atoms with Crippen molar-refractivity contribution in [2.45, 2.75) is 39.7 Å².